The van der Waals surface area contributed by atoms with E-state index in [0.717, 1.165) is 0 Å². The van der Waals surface area contributed by atoms with Gasteiger partial charge >= 0.3 is 0 Å². The van der Waals surface area contributed by atoms with E-state index in [2.05, 4.69) is 15.1 Å². The van der Waals surface area contributed by atoms with Crippen LogP contribution in [0.2, 0.25) is 0 Å². The number of nitrogens with zero attached hydrogens (tertiary/aromatic N) is 4. The third-order valence-corrected chi connectivity index (χ3v) is 4.89. The van der Waals surface area contributed by atoms with Crippen LogP contribution in [0.25, 0.3) is 22.6 Å². The second kappa shape index (κ2) is 6.67. The molecule has 2 amide bonds. The van der Waals surface area contributed by atoms with Gasteiger partial charge in [0.1, 0.15) is 5.69 Å². The monoisotopic (exact) mass is 394 g/mol. The normalized spacial score (nSPS) is 19.0. The highest BCUT2D eigenvalue weighted by atomic mass is 16.5. The van der Waals surface area contributed by atoms with E-state index in [-0.39, 0.29) is 29.4 Å². The molecule has 1 saturated heterocycles. The Morgan fingerprint density at radius 1 is 1.31 bits per heavy atom. The van der Waals surface area contributed by atoms with Gasteiger partial charge in [0.05, 0.1) is 11.9 Å². The molecule has 0 bridgehead atoms. The molecule has 1 atom stereocenters. The minimum Gasteiger partial charge on any atom is -0.396 e. The Morgan fingerprint density at radius 3 is 2.76 bits per heavy atom. The lowest BCUT2D eigenvalue weighted by atomic mass is 9.98. The molecule has 0 aliphatic carbocycles. The van der Waals surface area contributed by atoms with Crippen LogP contribution in [0.1, 0.15) is 22.7 Å². The zero-order chi connectivity index (χ0) is 20.8. The first-order valence-electron chi connectivity index (χ1n) is 8.78. The van der Waals surface area contributed by atoms with E-state index in [1.165, 1.54) is 17.2 Å². The van der Waals surface area contributed by atoms with Crippen LogP contribution < -0.4 is 11.5 Å². The van der Waals surface area contributed by atoms with Gasteiger partial charge in [-0.2, -0.15) is 0 Å². The van der Waals surface area contributed by atoms with Crippen LogP contribution in [0.4, 0.5) is 5.69 Å². The first kappa shape index (κ1) is 18.6. The lowest BCUT2D eigenvalue weighted by molar-refractivity contribution is -0.144. The molecule has 4 rings (SSSR count). The molecule has 1 unspecified atom stereocenters. The fourth-order valence-electron chi connectivity index (χ4n) is 3.23. The van der Waals surface area contributed by atoms with Gasteiger partial charge < -0.3 is 26.0 Å². The number of benzene rings is 1. The number of likely N-dealkylation sites (tertiary alicyclic amines) is 1. The number of primary amides is 1. The molecule has 1 aliphatic rings. The molecule has 5 N–H and O–H groups in total. The van der Waals surface area contributed by atoms with Gasteiger partial charge in [0, 0.05) is 37.2 Å². The van der Waals surface area contributed by atoms with E-state index >= 15 is 0 Å². The Kier molecular flexibility index (Phi) is 4.27. The van der Waals surface area contributed by atoms with Crippen LogP contribution >= 0.6 is 0 Å². The first-order chi connectivity index (χ1) is 13.8. The van der Waals surface area contributed by atoms with Crippen LogP contribution in [0, 0.1) is 0 Å². The van der Waals surface area contributed by atoms with Gasteiger partial charge in [0.25, 0.3) is 11.8 Å². The predicted octanol–water partition coefficient (Wildman–Crippen LogP) is 0.529. The number of anilines is 1. The maximum absolute atomic E-state index is 12.3. The van der Waals surface area contributed by atoms with Crippen LogP contribution in [0.5, 0.6) is 0 Å². The van der Waals surface area contributed by atoms with Crippen molar-refractivity contribution in [3.05, 3.63) is 48.0 Å². The van der Waals surface area contributed by atoms with Gasteiger partial charge in [-0.3, -0.25) is 9.59 Å². The number of hydrogen-bond acceptors (Lipinski definition) is 8. The molecule has 0 radical (unpaired) electrons. The van der Waals surface area contributed by atoms with Crippen LogP contribution in [-0.4, -0.2) is 50.5 Å². The number of carbonyl (C=O) groups excluding carboxylic acids is 2. The molecule has 0 saturated carbocycles. The van der Waals surface area contributed by atoms with Gasteiger partial charge in [-0.1, -0.05) is 23.4 Å². The summed E-state index contributed by atoms with van der Waals surface area (Å²) in [5, 5.41) is 14.7. The molecular weight excluding hydrogens is 376 g/mol. The maximum atomic E-state index is 12.3. The summed E-state index contributed by atoms with van der Waals surface area (Å²) < 4.78 is 5.28. The number of aliphatic hydroxyl groups is 1. The Hall–Kier alpha value is -3.79. The van der Waals surface area contributed by atoms with Crippen molar-refractivity contribution in [2.45, 2.75) is 12.0 Å². The molecule has 10 heteroatoms. The van der Waals surface area contributed by atoms with Gasteiger partial charge in [-0.25, -0.2) is 9.97 Å². The van der Waals surface area contributed by atoms with E-state index in [1.807, 2.05) is 0 Å². The number of amides is 2. The Balaban J connectivity index is 1.69. The molecule has 1 aliphatic heterocycles. The lowest BCUT2D eigenvalue weighted by Crippen LogP contribution is -2.35. The van der Waals surface area contributed by atoms with Crippen LogP contribution in [0.15, 0.2) is 41.1 Å². The van der Waals surface area contributed by atoms with Crippen molar-refractivity contribution < 1.29 is 19.2 Å². The van der Waals surface area contributed by atoms with Crippen molar-refractivity contribution in [2.24, 2.45) is 5.73 Å². The lowest BCUT2D eigenvalue weighted by Gasteiger charge is -2.16. The average molecular weight is 394 g/mol. The summed E-state index contributed by atoms with van der Waals surface area (Å²) in [6, 6.07) is 8.57. The summed E-state index contributed by atoms with van der Waals surface area (Å²) in [7, 11) is 1.62. The number of likely N-dealkylation sites (N-methyl/N-ethyl adjacent to an activating group) is 1. The molecule has 148 valence electrons. The van der Waals surface area contributed by atoms with Crippen molar-refractivity contribution in [1.82, 2.24) is 20.0 Å². The Bertz CT molecular complexity index is 1130. The third-order valence-electron chi connectivity index (χ3n) is 4.89. The van der Waals surface area contributed by atoms with E-state index in [1.54, 1.807) is 31.3 Å². The van der Waals surface area contributed by atoms with Crippen molar-refractivity contribution in [1.29, 1.82) is 0 Å². The Morgan fingerprint density at radius 2 is 2.07 bits per heavy atom. The quantitative estimate of drug-likeness (QED) is 0.577. The molecule has 1 fully saturated rings. The molecule has 10 nitrogen and oxygen atoms in total. The fourth-order valence-corrected chi connectivity index (χ4v) is 3.23. The third kappa shape index (κ3) is 3.09. The smallest absolute Gasteiger partial charge is 0.269 e. The van der Waals surface area contributed by atoms with Crippen molar-refractivity contribution in [2.75, 3.05) is 19.3 Å². The van der Waals surface area contributed by atoms with E-state index in [0.29, 0.717) is 23.4 Å². The van der Waals surface area contributed by atoms with Crippen molar-refractivity contribution in [3.63, 3.8) is 0 Å². The predicted molar refractivity (Wildman–Crippen MR) is 102 cm³/mol. The minimum absolute atomic E-state index is 0.0600. The van der Waals surface area contributed by atoms with Gasteiger partial charge in [0.2, 0.25) is 5.60 Å². The average Bonchev–Trinajstić information content (AvgIpc) is 3.31. The summed E-state index contributed by atoms with van der Waals surface area (Å²) in [6.45, 7) is 0.428. The summed E-state index contributed by atoms with van der Waals surface area (Å²) in [4.78, 5) is 33.4. The second-order valence-corrected chi connectivity index (χ2v) is 6.86. The van der Waals surface area contributed by atoms with E-state index in [4.69, 9.17) is 16.0 Å². The zero-order valence-electron chi connectivity index (χ0n) is 15.5. The zero-order valence-corrected chi connectivity index (χ0v) is 15.5. The van der Waals surface area contributed by atoms with Gasteiger partial charge in [-0.05, 0) is 6.07 Å². The summed E-state index contributed by atoms with van der Waals surface area (Å²) in [6.07, 6.45) is 1.55. The van der Waals surface area contributed by atoms with Crippen molar-refractivity contribution in [3.8, 4) is 22.6 Å². The molecule has 3 heterocycles. The van der Waals surface area contributed by atoms with Crippen molar-refractivity contribution >= 4 is 17.5 Å². The maximum Gasteiger partial charge on any atom is 0.269 e. The Labute approximate surface area is 165 Å². The molecule has 2 aromatic heterocycles. The minimum atomic E-state index is -1.71. The number of rotatable bonds is 4. The first-order valence-corrected chi connectivity index (χ1v) is 8.78. The standard InChI is InChI=1S/C19H18N6O4/c1-25-6-5-19(28,18(25)27)14-8-13(24-29-14)10-3-2-4-11(7-10)17-22-9-12(20)15(23-17)16(21)26/h2-4,7-9,28H,5-6,20H2,1H3,(H2,21,26). The van der Waals surface area contributed by atoms with Gasteiger partial charge in [0.15, 0.2) is 17.3 Å². The van der Waals surface area contributed by atoms with Crippen LogP contribution in [0.3, 0.4) is 0 Å². The molecule has 29 heavy (non-hydrogen) atoms. The van der Waals surface area contributed by atoms with E-state index in [9.17, 15) is 14.7 Å². The van der Waals surface area contributed by atoms with E-state index < -0.39 is 17.4 Å². The highest BCUT2D eigenvalue weighted by molar-refractivity contribution is 5.96. The van der Waals surface area contributed by atoms with Gasteiger partial charge in [-0.15, -0.1) is 0 Å². The molecule has 0 spiro atoms. The number of aromatic nitrogens is 3. The SMILES string of the molecule is CN1CCC(O)(c2cc(-c3cccc(-c4ncc(N)c(C(N)=O)n4)c3)no2)C1=O. The van der Waals surface area contributed by atoms with Crippen LogP contribution in [-0.2, 0) is 10.4 Å². The molecular formula is C19H18N6O4. The fraction of sp³-hybridized carbons (Fsp3) is 0.211. The topological polar surface area (TPSA) is 161 Å². The summed E-state index contributed by atoms with van der Waals surface area (Å²) in [5.74, 6) is -0.817. The largest absolute Gasteiger partial charge is 0.396 e. The molecule has 1 aromatic carbocycles. The number of hydrogen-bond donors (Lipinski definition) is 3. The summed E-state index contributed by atoms with van der Waals surface area (Å²) >= 11 is 0. The highest BCUT2D eigenvalue weighted by Crippen LogP contribution is 2.35. The molecule has 3 aromatic rings. The summed E-state index contributed by atoms with van der Waals surface area (Å²) in [5.41, 5.74) is 11.0. The second-order valence-electron chi connectivity index (χ2n) is 6.86. The number of carbonyl (C=O) groups is 2. The highest BCUT2D eigenvalue weighted by Gasteiger charge is 2.48. The number of nitrogens with two attached hydrogens (primary N) is 2. The number of nitrogen functional groups attached to an aromatic ring is 1.